The minimum atomic E-state index is 0.00481. The van der Waals surface area contributed by atoms with E-state index in [1.807, 2.05) is 24.3 Å². The number of nitrogen functional groups attached to an aromatic ring is 1. The minimum Gasteiger partial charge on any atom is -0.384 e. The number of nitrogens with two attached hydrogens (primary N) is 1. The molecule has 0 amide bonds. The largest absolute Gasteiger partial charge is 0.384 e. The molecule has 0 spiro atoms. The first kappa shape index (κ1) is 10.6. The molecule has 2 aromatic rings. The number of amidine groups is 1. The van der Waals surface area contributed by atoms with E-state index in [0.29, 0.717) is 23.8 Å². The third kappa shape index (κ3) is 1.51. The van der Waals surface area contributed by atoms with E-state index >= 15 is 0 Å². The maximum atomic E-state index is 7.64. The third-order valence-electron chi connectivity index (χ3n) is 3.07. The molecule has 0 radical (unpaired) electrons. The number of rotatable bonds is 1. The molecule has 0 unspecified atom stereocenters. The molecule has 3 rings (SSSR count). The second-order valence-electron chi connectivity index (χ2n) is 4.14. The molecule has 3 N–H and O–H groups in total. The van der Waals surface area contributed by atoms with Crippen molar-refractivity contribution in [2.24, 2.45) is 5.73 Å². The predicted molar refractivity (Wildman–Crippen MR) is 68.5 cm³/mol. The lowest BCUT2D eigenvalue weighted by Gasteiger charge is -2.20. The molecule has 1 aliphatic rings. The van der Waals surface area contributed by atoms with Crippen LogP contribution in [0.4, 0.5) is 0 Å². The summed E-state index contributed by atoms with van der Waals surface area (Å²) in [5, 5.41) is 10.2. The van der Waals surface area contributed by atoms with E-state index in [-0.39, 0.29) is 5.84 Å². The Bertz CT molecular complexity index is 637. The molecule has 0 aromatic heterocycles. The van der Waals surface area contributed by atoms with Crippen molar-refractivity contribution >= 4 is 28.2 Å². The van der Waals surface area contributed by atoms with Gasteiger partial charge in [-0.25, -0.2) is 0 Å². The van der Waals surface area contributed by atoms with Crippen molar-refractivity contribution in [3.8, 4) is 0 Å². The molecule has 0 saturated heterocycles. The first-order valence-corrected chi connectivity index (χ1v) is 5.71. The molecule has 4 heteroatoms. The Hall–Kier alpha value is -1.58. The number of halogens is 1. The number of hydrogen-bond donors (Lipinski definition) is 2. The van der Waals surface area contributed by atoms with Crippen molar-refractivity contribution < 1.29 is 4.74 Å². The van der Waals surface area contributed by atoms with E-state index in [0.717, 1.165) is 21.9 Å². The molecule has 17 heavy (non-hydrogen) atoms. The molecule has 0 bridgehead atoms. The van der Waals surface area contributed by atoms with E-state index in [1.54, 1.807) is 0 Å². The minimum absolute atomic E-state index is 0.00481. The maximum absolute atomic E-state index is 7.64. The summed E-state index contributed by atoms with van der Waals surface area (Å²) in [5.41, 5.74) is 8.42. The van der Waals surface area contributed by atoms with Gasteiger partial charge in [-0.3, -0.25) is 5.41 Å². The smallest absolute Gasteiger partial charge is 0.124 e. The summed E-state index contributed by atoms with van der Waals surface area (Å²) in [6, 6.07) is 7.78. The second-order valence-corrected chi connectivity index (χ2v) is 4.55. The highest BCUT2D eigenvalue weighted by molar-refractivity contribution is 6.36. The van der Waals surface area contributed by atoms with Gasteiger partial charge < -0.3 is 10.5 Å². The molecule has 0 aliphatic carbocycles. The van der Waals surface area contributed by atoms with E-state index in [9.17, 15) is 0 Å². The van der Waals surface area contributed by atoms with Gasteiger partial charge in [-0.05, 0) is 28.0 Å². The van der Waals surface area contributed by atoms with Crippen molar-refractivity contribution in [1.29, 1.82) is 5.41 Å². The van der Waals surface area contributed by atoms with Gasteiger partial charge in [0.2, 0.25) is 0 Å². The third-order valence-corrected chi connectivity index (χ3v) is 3.36. The number of benzene rings is 2. The van der Waals surface area contributed by atoms with Gasteiger partial charge in [0.15, 0.2) is 0 Å². The average Bonchev–Trinajstić information content (AvgIpc) is 2.28. The average molecular weight is 247 g/mol. The highest BCUT2D eigenvalue weighted by atomic mass is 35.5. The quantitative estimate of drug-likeness (QED) is 0.600. The Morgan fingerprint density at radius 2 is 2.06 bits per heavy atom. The fraction of sp³-hybridized carbons (Fsp3) is 0.154. The summed E-state index contributed by atoms with van der Waals surface area (Å²) >= 11 is 6.18. The molecule has 86 valence electrons. The molecular weight excluding hydrogens is 236 g/mol. The molecule has 0 atom stereocenters. The Balaban J connectivity index is 2.50. The SMILES string of the molecule is N=C(N)c1c(Cl)cc2c3c(cccc13)COC2. The van der Waals surface area contributed by atoms with Crippen LogP contribution < -0.4 is 5.73 Å². The van der Waals surface area contributed by atoms with Gasteiger partial charge in [0.05, 0.1) is 18.2 Å². The van der Waals surface area contributed by atoms with Crippen molar-refractivity contribution in [1.82, 2.24) is 0 Å². The Morgan fingerprint density at radius 3 is 2.82 bits per heavy atom. The fourth-order valence-corrected chi connectivity index (χ4v) is 2.73. The van der Waals surface area contributed by atoms with Crippen LogP contribution in [0, 0.1) is 5.41 Å². The zero-order valence-electron chi connectivity index (χ0n) is 9.09. The zero-order valence-corrected chi connectivity index (χ0v) is 9.84. The highest BCUT2D eigenvalue weighted by Crippen LogP contribution is 2.34. The second kappa shape index (κ2) is 3.72. The Kier molecular flexibility index (Phi) is 2.31. The molecule has 2 aromatic carbocycles. The van der Waals surface area contributed by atoms with E-state index < -0.39 is 0 Å². The number of nitrogens with one attached hydrogen (secondary N) is 1. The molecule has 1 aliphatic heterocycles. The monoisotopic (exact) mass is 246 g/mol. The van der Waals surface area contributed by atoms with Crippen molar-refractivity contribution in [2.45, 2.75) is 13.2 Å². The Labute approximate surface area is 104 Å². The van der Waals surface area contributed by atoms with Crippen LogP contribution >= 0.6 is 11.6 Å². The van der Waals surface area contributed by atoms with Crippen LogP contribution in [-0.2, 0) is 18.0 Å². The first-order chi connectivity index (χ1) is 8.18. The maximum Gasteiger partial charge on any atom is 0.124 e. The van der Waals surface area contributed by atoms with Crippen LogP contribution in [0.15, 0.2) is 24.3 Å². The highest BCUT2D eigenvalue weighted by Gasteiger charge is 2.18. The van der Waals surface area contributed by atoms with E-state index in [4.69, 9.17) is 27.5 Å². The summed E-state index contributed by atoms with van der Waals surface area (Å²) < 4.78 is 5.50. The molecule has 1 heterocycles. The van der Waals surface area contributed by atoms with Gasteiger partial charge in [0, 0.05) is 5.56 Å². The summed E-state index contributed by atoms with van der Waals surface area (Å²) in [4.78, 5) is 0. The number of ether oxygens (including phenoxy) is 1. The first-order valence-electron chi connectivity index (χ1n) is 5.33. The molecule has 3 nitrogen and oxygen atoms in total. The van der Waals surface area contributed by atoms with Crippen LogP contribution in [0.1, 0.15) is 16.7 Å². The lowest BCUT2D eigenvalue weighted by Crippen LogP contribution is -2.14. The van der Waals surface area contributed by atoms with Gasteiger partial charge in [0.1, 0.15) is 5.84 Å². The van der Waals surface area contributed by atoms with Crippen molar-refractivity contribution in [3.63, 3.8) is 0 Å². The van der Waals surface area contributed by atoms with Crippen molar-refractivity contribution in [2.75, 3.05) is 0 Å². The van der Waals surface area contributed by atoms with Crippen LogP contribution in [0.25, 0.3) is 10.8 Å². The number of hydrogen-bond acceptors (Lipinski definition) is 2. The normalized spacial score (nSPS) is 13.9. The molecular formula is C13H11ClN2O. The Morgan fingerprint density at radius 1 is 1.29 bits per heavy atom. The molecule has 0 saturated carbocycles. The van der Waals surface area contributed by atoms with Crippen molar-refractivity contribution in [3.05, 3.63) is 46.0 Å². The molecule has 0 fully saturated rings. The van der Waals surface area contributed by atoms with Crippen LogP contribution in [0.2, 0.25) is 5.02 Å². The standard InChI is InChI=1S/C13H11ClN2O/c14-10-4-8-6-17-5-7-2-1-3-9(11(7)8)12(10)13(15)16/h1-4H,5-6H2,(H3,15,16). The lowest BCUT2D eigenvalue weighted by atomic mass is 9.94. The van der Waals surface area contributed by atoms with E-state index in [2.05, 4.69) is 0 Å². The zero-order chi connectivity index (χ0) is 12.0. The van der Waals surface area contributed by atoms with E-state index in [1.165, 1.54) is 0 Å². The summed E-state index contributed by atoms with van der Waals surface area (Å²) in [6.07, 6.45) is 0. The summed E-state index contributed by atoms with van der Waals surface area (Å²) in [5.74, 6) is 0.00481. The van der Waals surface area contributed by atoms with Crippen LogP contribution in [0.3, 0.4) is 0 Å². The van der Waals surface area contributed by atoms with Crippen LogP contribution in [-0.4, -0.2) is 5.84 Å². The lowest BCUT2D eigenvalue weighted by molar-refractivity contribution is 0.103. The predicted octanol–water partition coefficient (Wildman–Crippen LogP) is 2.81. The van der Waals surface area contributed by atoms with Gasteiger partial charge in [-0.1, -0.05) is 29.8 Å². The van der Waals surface area contributed by atoms with Gasteiger partial charge >= 0.3 is 0 Å². The summed E-state index contributed by atoms with van der Waals surface area (Å²) in [6.45, 7) is 1.16. The van der Waals surface area contributed by atoms with Gasteiger partial charge in [-0.15, -0.1) is 0 Å². The fourth-order valence-electron chi connectivity index (χ4n) is 2.39. The topological polar surface area (TPSA) is 59.1 Å². The van der Waals surface area contributed by atoms with Crippen LogP contribution in [0.5, 0.6) is 0 Å². The summed E-state index contributed by atoms with van der Waals surface area (Å²) in [7, 11) is 0. The van der Waals surface area contributed by atoms with Gasteiger partial charge in [-0.2, -0.15) is 0 Å². The van der Waals surface area contributed by atoms with Gasteiger partial charge in [0.25, 0.3) is 0 Å².